The van der Waals surface area contributed by atoms with Gasteiger partial charge >= 0.3 is 0 Å². The van der Waals surface area contributed by atoms with Gasteiger partial charge in [0.2, 0.25) is 0 Å². The van der Waals surface area contributed by atoms with Crippen LogP contribution in [-0.2, 0) is 6.54 Å². The van der Waals surface area contributed by atoms with E-state index in [-0.39, 0.29) is 0 Å². The number of fused-ring (bicyclic) bond motifs is 1. The van der Waals surface area contributed by atoms with E-state index in [2.05, 4.69) is 17.2 Å². The second-order valence-electron chi connectivity index (χ2n) is 3.52. The smallest absolute Gasteiger partial charge is 0.121 e. The highest BCUT2D eigenvalue weighted by Gasteiger charge is 2.04. The Morgan fingerprint density at radius 2 is 2.27 bits per heavy atom. The lowest BCUT2D eigenvalue weighted by atomic mass is 10.3. The van der Waals surface area contributed by atoms with E-state index < -0.39 is 0 Å². The van der Waals surface area contributed by atoms with E-state index in [1.54, 1.807) is 7.11 Å². The molecule has 0 aliphatic rings. The summed E-state index contributed by atoms with van der Waals surface area (Å²) in [4.78, 5) is 0. The summed E-state index contributed by atoms with van der Waals surface area (Å²) in [6.07, 6.45) is 2.28. The molecule has 4 heteroatoms. The second-order valence-corrected chi connectivity index (χ2v) is 3.52. The summed E-state index contributed by atoms with van der Waals surface area (Å²) in [6.45, 7) is 3.08. The van der Waals surface area contributed by atoms with Crippen LogP contribution in [0.3, 0.4) is 0 Å². The standard InChI is InChI=1S/C11H15N3O/c1-3-4-7-14-11-8-9(15-2)5-6-10(11)12-13-14/h5-6,8H,3-4,7H2,1-2H3. The zero-order chi connectivity index (χ0) is 10.7. The lowest BCUT2D eigenvalue weighted by Crippen LogP contribution is -1.99. The van der Waals surface area contributed by atoms with Crippen LogP contribution in [-0.4, -0.2) is 22.1 Å². The molecule has 0 spiro atoms. The average Bonchev–Trinajstić information content (AvgIpc) is 2.68. The van der Waals surface area contributed by atoms with E-state index in [9.17, 15) is 0 Å². The quantitative estimate of drug-likeness (QED) is 0.768. The molecule has 0 bridgehead atoms. The molecule has 0 saturated heterocycles. The van der Waals surface area contributed by atoms with Gasteiger partial charge in [-0.2, -0.15) is 0 Å². The van der Waals surface area contributed by atoms with Gasteiger partial charge in [0.05, 0.1) is 12.6 Å². The van der Waals surface area contributed by atoms with Crippen molar-refractivity contribution in [2.24, 2.45) is 0 Å². The predicted octanol–water partition coefficient (Wildman–Crippen LogP) is 2.24. The van der Waals surface area contributed by atoms with Gasteiger partial charge in [0, 0.05) is 12.6 Å². The summed E-state index contributed by atoms with van der Waals surface area (Å²) in [7, 11) is 1.67. The molecule has 0 radical (unpaired) electrons. The topological polar surface area (TPSA) is 39.9 Å². The molecule has 1 aromatic heterocycles. The number of benzene rings is 1. The molecule has 0 saturated carbocycles. The molecule has 0 aliphatic heterocycles. The number of nitrogens with zero attached hydrogens (tertiary/aromatic N) is 3. The summed E-state index contributed by atoms with van der Waals surface area (Å²) in [5.41, 5.74) is 1.97. The summed E-state index contributed by atoms with van der Waals surface area (Å²) >= 11 is 0. The van der Waals surface area contributed by atoms with Crippen molar-refractivity contribution in [3.05, 3.63) is 18.2 Å². The van der Waals surface area contributed by atoms with Crippen LogP contribution in [0.5, 0.6) is 5.75 Å². The molecular weight excluding hydrogens is 190 g/mol. The van der Waals surface area contributed by atoms with Crippen molar-refractivity contribution in [3.63, 3.8) is 0 Å². The van der Waals surface area contributed by atoms with E-state index in [1.807, 2.05) is 22.9 Å². The number of hydrogen-bond donors (Lipinski definition) is 0. The molecule has 0 atom stereocenters. The third-order valence-electron chi connectivity index (χ3n) is 2.44. The summed E-state index contributed by atoms with van der Waals surface area (Å²) < 4.78 is 7.11. The highest BCUT2D eigenvalue weighted by Crippen LogP contribution is 2.18. The first-order valence-electron chi connectivity index (χ1n) is 5.22. The first kappa shape index (κ1) is 9.96. The van der Waals surface area contributed by atoms with E-state index in [4.69, 9.17) is 4.74 Å². The van der Waals surface area contributed by atoms with Crippen molar-refractivity contribution in [1.82, 2.24) is 15.0 Å². The average molecular weight is 205 g/mol. The summed E-state index contributed by atoms with van der Waals surface area (Å²) in [6, 6.07) is 5.82. The van der Waals surface area contributed by atoms with Gasteiger partial charge in [-0.1, -0.05) is 18.6 Å². The molecule has 1 heterocycles. The third-order valence-corrected chi connectivity index (χ3v) is 2.44. The van der Waals surface area contributed by atoms with Crippen LogP contribution in [0.2, 0.25) is 0 Å². The molecule has 0 aliphatic carbocycles. The highest BCUT2D eigenvalue weighted by atomic mass is 16.5. The Balaban J connectivity index is 2.38. The van der Waals surface area contributed by atoms with Crippen LogP contribution in [0.25, 0.3) is 11.0 Å². The van der Waals surface area contributed by atoms with Gasteiger partial charge in [-0.15, -0.1) is 5.10 Å². The number of aryl methyl sites for hydroxylation is 1. The van der Waals surface area contributed by atoms with Crippen molar-refractivity contribution in [3.8, 4) is 5.75 Å². The lowest BCUT2D eigenvalue weighted by molar-refractivity contribution is 0.415. The molecule has 4 nitrogen and oxygen atoms in total. The number of rotatable bonds is 4. The molecular formula is C11H15N3O. The van der Waals surface area contributed by atoms with E-state index in [0.717, 1.165) is 36.2 Å². The molecule has 1 aromatic carbocycles. The van der Waals surface area contributed by atoms with Gasteiger partial charge in [-0.3, -0.25) is 0 Å². The fraction of sp³-hybridized carbons (Fsp3) is 0.455. The molecule has 15 heavy (non-hydrogen) atoms. The lowest BCUT2D eigenvalue weighted by Gasteiger charge is -2.02. The van der Waals surface area contributed by atoms with Crippen molar-refractivity contribution in [2.45, 2.75) is 26.3 Å². The molecule has 0 N–H and O–H groups in total. The van der Waals surface area contributed by atoms with Crippen molar-refractivity contribution < 1.29 is 4.74 Å². The Bertz CT molecular complexity index is 450. The number of methoxy groups -OCH3 is 1. The van der Waals surface area contributed by atoms with Crippen molar-refractivity contribution >= 4 is 11.0 Å². The van der Waals surface area contributed by atoms with Gasteiger partial charge in [-0.25, -0.2) is 4.68 Å². The molecule has 2 rings (SSSR count). The first-order chi connectivity index (χ1) is 7.35. The monoisotopic (exact) mass is 205 g/mol. The largest absolute Gasteiger partial charge is 0.497 e. The SMILES string of the molecule is CCCCn1nnc2ccc(OC)cc21. The first-order valence-corrected chi connectivity index (χ1v) is 5.22. The summed E-state index contributed by atoms with van der Waals surface area (Å²) in [5, 5.41) is 8.22. The minimum absolute atomic E-state index is 0.850. The van der Waals surface area contributed by atoms with Crippen LogP contribution in [0.1, 0.15) is 19.8 Å². The molecule has 0 fully saturated rings. The van der Waals surface area contributed by atoms with Gasteiger partial charge in [0.1, 0.15) is 11.3 Å². The van der Waals surface area contributed by atoms with Gasteiger partial charge in [0.25, 0.3) is 0 Å². The van der Waals surface area contributed by atoms with Gasteiger partial charge in [-0.05, 0) is 18.6 Å². The van der Waals surface area contributed by atoms with Crippen molar-refractivity contribution in [2.75, 3.05) is 7.11 Å². The van der Waals surface area contributed by atoms with Gasteiger partial charge in [0.15, 0.2) is 0 Å². The van der Waals surface area contributed by atoms with Crippen LogP contribution in [0.4, 0.5) is 0 Å². The molecule has 80 valence electrons. The molecule has 2 aromatic rings. The highest BCUT2D eigenvalue weighted by molar-refractivity contribution is 5.75. The molecule has 0 unspecified atom stereocenters. The second kappa shape index (κ2) is 4.29. The zero-order valence-corrected chi connectivity index (χ0v) is 9.10. The minimum Gasteiger partial charge on any atom is -0.497 e. The van der Waals surface area contributed by atoms with Crippen LogP contribution < -0.4 is 4.74 Å². The Hall–Kier alpha value is -1.58. The number of unbranched alkanes of at least 4 members (excludes halogenated alkanes) is 1. The number of ether oxygens (including phenoxy) is 1. The number of hydrogen-bond acceptors (Lipinski definition) is 3. The van der Waals surface area contributed by atoms with Crippen LogP contribution in [0, 0.1) is 0 Å². The Morgan fingerprint density at radius 3 is 3.00 bits per heavy atom. The molecule has 0 amide bonds. The fourth-order valence-electron chi connectivity index (χ4n) is 1.54. The van der Waals surface area contributed by atoms with E-state index in [1.165, 1.54) is 0 Å². The maximum Gasteiger partial charge on any atom is 0.121 e. The maximum atomic E-state index is 5.18. The van der Waals surface area contributed by atoms with E-state index >= 15 is 0 Å². The number of aromatic nitrogens is 3. The Morgan fingerprint density at radius 1 is 1.40 bits per heavy atom. The zero-order valence-electron chi connectivity index (χ0n) is 9.10. The van der Waals surface area contributed by atoms with Crippen LogP contribution >= 0.6 is 0 Å². The van der Waals surface area contributed by atoms with E-state index in [0.29, 0.717) is 0 Å². The Kier molecular flexibility index (Phi) is 2.85. The fourth-order valence-corrected chi connectivity index (χ4v) is 1.54. The summed E-state index contributed by atoms with van der Waals surface area (Å²) in [5.74, 6) is 0.850. The normalized spacial score (nSPS) is 10.8. The third kappa shape index (κ3) is 1.93. The van der Waals surface area contributed by atoms with Crippen LogP contribution in [0.15, 0.2) is 18.2 Å². The predicted molar refractivity (Wildman–Crippen MR) is 59.0 cm³/mol. The maximum absolute atomic E-state index is 5.18. The van der Waals surface area contributed by atoms with Crippen molar-refractivity contribution in [1.29, 1.82) is 0 Å². The Labute approximate surface area is 88.8 Å². The van der Waals surface area contributed by atoms with Gasteiger partial charge < -0.3 is 4.74 Å². The minimum atomic E-state index is 0.850.